The molecule has 0 aromatic rings. The second kappa shape index (κ2) is 4.81. The van der Waals surface area contributed by atoms with Gasteiger partial charge in [-0.05, 0) is 18.8 Å². The van der Waals surface area contributed by atoms with Crippen LogP contribution in [0.2, 0.25) is 0 Å². The molecule has 0 aromatic carbocycles. The Morgan fingerprint density at radius 2 is 2.40 bits per heavy atom. The quantitative estimate of drug-likeness (QED) is 0.755. The van der Waals surface area contributed by atoms with E-state index in [0.29, 0.717) is 6.61 Å². The zero-order chi connectivity index (χ0) is 10.7. The topological polar surface area (TPSA) is 30.5 Å². The average Bonchev–Trinajstić information content (AvgIpc) is 2.17. The van der Waals surface area contributed by atoms with Gasteiger partial charge in [-0.1, -0.05) is 19.8 Å². The van der Waals surface area contributed by atoms with E-state index in [-0.39, 0.29) is 11.7 Å². The molecule has 15 heavy (non-hydrogen) atoms. The number of rotatable bonds is 2. The molecule has 3 heteroatoms. The van der Waals surface area contributed by atoms with Crippen LogP contribution in [0.1, 0.15) is 32.6 Å². The zero-order valence-corrected chi connectivity index (χ0v) is 9.92. The minimum Gasteiger partial charge on any atom is -0.382 e. The van der Waals surface area contributed by atoms with Gasteiger partial charge in [0.2, 0.25) is 0 Å². The maximum Gasteiger partial charge on any atom is 0.0940 e. The van der Waals surface area contributed by atoms with E-state index >= 15 is 0 Å². The van der Waals surface area contributed by atoms with Crippen molar-refractivity contribution in [3.05, 3.63) is 0 Å². The molecule has 1 spiro atoms. The molecule has 1 saturated carbocycles. The van der Waals surface area contributed by atoms with Crippen molar-refractivity contribution in [2.75, 3.05) is 26.8 Å². The van der Waals surface area contributed by atoms with Gasteiger partial charge in [-0.15, -0.1) is 0 Å². The lowest BCUT2D eigenvalue weighted by molar-refractivity contribution is -0.155. The summed E-state index contributed by atoms with van der Waals surface area (Å²) < 4.78 is 11.4. The smallest absolute Gasteiger partial charge is 0.0940 e. The van der Waals surface area contributed by atoms with Crippen LogP contribution in [0.15, 0.2) is 0 Å². The maximum absolute atomic E-state index is 6.24. The van der Waals surface area contributed by atoms with Crippen LogP contribution in [0.4, 0.5) is 0 Å². The van der Waals surface area contributed by atoms with Gasteiger partial charge in [-0.2, -0.15) is 0 Å². The van der Waals surface area contributed by atoms with Gasteiger partial charge in [0.15, 0.2) is 0 Å². The van der Waals surface area contributed by atoms with E-state index in [9.17, 15) is 0 Å². The van der Waals surface area contributed by atoms with E-state index in [4.69, 9.17) is 9.47 Å². The van der Waals surface area contributed by atoms with E-state index in [1.807, 2.05) is 0 Å². The largest absolute Gasteiger partial charge is 0.382 e. The van der Waals surface area contributed by atoms with Crippen molar-refractivity contribution in [2.24, 2.45) is 5.92 Å². The van der Waals surface area contributed by atoms with Gasteiger partial charge in [-0.25, -0.2) is 0 Å². The molecule has 2 aliphatic rings. The minimum absolute atomic E-state index is 0.110. The highest BCUT2D eigenvalue weighted by molar-refractivity contribution is 4.93. The second-order valence-electron chi connectivity index (χ2n) is 5.21. The SMILES string of the molecule is COCC1CNCC2(CCCC(C)C2)O1. The first-order chi connectivity index (χ1) is 7.24. The van der Waals surface area contributed by atoms with Crippen molar-refractivity contribution in [1.82, 2.24) is 5.32 Å². The van der Waals surface area contributed by atoms with Crippen LogP contribution in [0, 0.1) is 5.92 Å². The van der Waals surface area contributed by atoms with Crippen molar-refractivity contribution in [3.8, 4) is 0 Å². The molecule has 3 unspecified atom stereocenters. The summed E-state index contributed by atoms with van der Waals surface area (Å²) in [5.41, 5.74) is 0.110. The standard InChI is InChI=1S/C12H23NO2/c1-10-4-3-5-12(6-10)9-13-7-11(15-12)8-14-2/h10-11,13H,3-9H2,1-2H3. The molecular formula is C12H23NO2. The molecule has 1 N–H and O–H groups in total. The third-order valence-corrected chi connectivity index (χ3v) is 3.64. The molecule has 1 aliphatic carbocycles. The first-order valence-corrected chi connectivity index (χ1v) is 6.11. The van der Waals surface area contributed by atoms with E-state index < -0.39 is 0 Å². The van der Waals surface area contributed by atoms with Crippen molar-refractivity contribution >= 4 is 0 Å². The fraction of sp³-hybridized carbons (Fsp3) is 1.00. The van der Waals surface area contributed by atoms with Crippen LogP contribution >= 0.6 is 0 Å². The summed E-state index contributed by atoms with van der Waals surface area (Å²) in [7, 11) is 1.74. The fourth-order valence-electron chi connectivity index (χ4n) is 3.06. The zero-order valence-electron chi connectivity index (χ0n) is 9.92. The number of hydrogen-bond donors (Lipinski definition) is 1. The highest BCUT2D eigenvalue weighted by atomic mass is 16.5. The third-order valence-electron chi connectivity index (χ3n) is 3.64. The van der Waals surface area contributed by atoms with Crippen LogP contribution in [0.5, 0.6) is 0 Å². The Morgan fingerprint density at radius 1 is 1.53 bits per heavy atom. The van der Waals surface area contributed by atoms with E-state index in [2.05, 4.69) is 12.2 Å². The lowest BCUT2D eigenvalue weighted by atomic mass is 9.78. The first kappa shape index (κ1) is 11.4. The summed E-state index contributed by atoms with van der Waals surface area (Å²) in [4.78, 5) is 0. The Morgan fingerprint density at radius 3 is 3.13 bits per heavy atom. The predicted molar refractivity (Wildman–Crippen MR) is 60.0 cm³/mol. The molecule has 3 nitrogen and oxygen atoms in total. The van der Waals surface area contributed by atoms with Crippen molar-refractivity contribution in [2.45, 2.75) is 44.3 Å². The highest BCUT2D eigenvalue weighted by Gasteiger charge is 2.40. The molecule has 2 fully saturated rings. The van der Waals surface area contributed by atoms with Gasteiger partial charge >= 0.3 is 0 Å². The number of nitrogens with one attached hydrogen (secondary N) is 1. The van der Waals surface area contributed by atoms with Crippen molar-refractivity contribution in [1.29, 1.82) is 0 Å². The summed E-state index contributed by atoms with van der Waals surface area (Å²) in [6.07, 6.45) is 5.34. The number of hydrogen-bond acceptors (Lipinski definition) is 3. The Hall–Kier alpha value is -0.120. The third kappa shape index (κ3) is 2.71. The second-order valence-corrected chi connectivity index (χ2v) is 5.21. The summed E-state index contributed by atoms with van der Waals surface area (Å²) in [6, 6.07) is 0. The molecule has 0 aromatic heterocycles. The monoisotopic (exact) mass is 213 g/mol. The highest BCUT2D eigenvalue weighted by Crippen LogP contribution is 2.36. The van der Waals surface area contributed by atoms with Gasteiger partial charge < -0.3 is 14.8 Å². The van der Waals surface area contributed by atoms with Crippen molar-refractivity contribution in [3.63, 3.8) is 0 Å². The Labute approximate surface area is 92.5 Å². The van der Waals surface area contributed by atoms with Crippen LogP contribution < -0.4 is 5.32 Å². The van der Waals surface area contributed by atoms with Gasteiger partial charge in [0.25, 0.3) is 0 Å². The molecule has 1 saturated heterocycles. The van der Waals surface area contributed by atoms with Gasteiger partial charge in [0.05, 0.1) is 18.3 Å². The number of ether oxygens (including phenoxy) is 2. The number of morpholine rings is 1. The molecule has 1 heterocycles. The van der Waals surface area contributed by atoms with Crippen LogP contribution in [0.3, 0.4) is 0 Å². The maximum atomic E-state index is 6.24. The van der Waals surface area contributed by atoms with E-state index in [1.54, 1.807) is 7.11 Å². The Kier molecular flexibility index (Phi) is 3.65. The van der Waals surface area contributed by atoms with Gasteiger partial charge in [0, 0.05) is 20.2 Å². The normalized spacial score (nSPS) is 42.0. The van der Waals surface area contributed by atoms with E-state index in [0.717, 1.165) is 19.0 Å². The van der Waals surface area contributed by atoms with Gasteiger partial charge in [-0.3, -0.25) is 0 Å². The lowest BCUT2D eigenvalue weighted by Gasteiger charge is -2.45. The van der Waals surface area contributed by atoms with Crippen LogP contribution in [0.25, 0.3) is 0 Å². The van der Waals surface area contributed by atoms with Gasteiger partial charge in [0.1, 0.15) is 0 Å². The summed E-state index contributed by atoms with van der Waals surface area (Å²) in [5.74, 6) is 0.807. The molecule has 0 bridgehead atoms. The molecule has 2 rings (SSSR count). The fourth-order valence-corrected chi connectivity index (χ4v) is 3.06. The lowest BCUT2D eigenvalue weighted by Crippen LogP contribution is -2.56. The summed E-state index contributed by atoms with van der Waals surface area (Å²) in [5, 5.41) is 3.50. The first-order valence-electron chi connectivity index (χ1n) is 6.11. The van der Waals surface area contributed by atoms with Crippen molar-refractivity contribution < 1.29 is 9.47 Å². The summed E-state index contributed by atoms with van der Waals surface area (Å²) in [6.45, 7) is 5.01. The molecule has 1 aliphatic heterocycles. The number of methoxy groups -OCH3 is 1. The molecule has 3 atom stereocenters. The molecule has 0 radical (unpaired) electrons. The Bertz CT molecular complexity index is 204. The minimum atomic E-state index is 0.110. The predicted octanol–water partition coefficient (Wildman–Crippen LogP) is 1.57. The van der Waals surface area contributed by atoms with Crippen LogP contribution in [-0.4, -0.2) is 38.5 Å². The summed E-state index contributed by atoms with van der Waals surface area (Å²) >= 11 is 0. The van der Waals surface area contributed by atoms with Crippen LogP contribution in [-0.2, 0) is 9.47 Å². The Balaban J connectivity index is 1.94. The molecule has 0 amide bonds. The molecular weight excluding hydrogens is 190 g/mol. The van der Waals surface area contributed by atoms with E-state index in [1.165, 1.54) is 25.7 Å². The average molecular weight is 213 g/mol. The molecule has 88 valence electrons.